The normalized spacial score (nSPS) is 33.8. The number of hydrogen-bond acceptors (Lipinski definition) is 3. The first-order chi connectivity index (χ1) is 6.16. The fourth-order valence-corrected chi connectivity index (χ4v) is 1.37. The quantitative estimate of drug-likeness (QED) is 0.633. The van der Waals surface area contributed by atoms with Crippen LogP contribution in [0.1, 0.15) is 6.92 Å². The Morgan fingerprint density at radius 2 is 2.31 bits per heavy atom. The van der Waals surface area contributed by atoms with Gasteiger partial charge in [0.1, 0.15) is 17.5 Å². The van der Waals surface area contributed by atoms with Crippen LogP contribution in [0.2, 0.25) is 0 Å². The van der Waals surface area contributed by atoms with Crippen molar-refractivity contribution in [3.63, 3.8) is 0 Å². The lowest BCUT2D eigenvalue weighted by Crippen LogP contribution is -2.43. The molecule has 0 saturated heterocycles. The molecule has 1 aliphatic rings. The number of aliphatic hydroxyl groups is 2. The summed E-state index contributed by atoms with van der Waals surface area (Å²) < 4.78 is 5.18. The SMILES string of the molecule is CC=CC1(OC)C=CC=C(O)C1O. The zero-order valence-corrected chi connectivity index (χ0v) is 7.77. The minimum atomic E-state index is -1.03. The molecule has 0 saturated carbocycles. The predicted octanol–water partition coefficient (Wildman–Crippen LogP) is 1.32. The molecule has 0 spiro atoms. The highest BCUT2D eigenvalue weighted by Gasteiger charge is 2.37. The van der Waals surface area contributed by atoms with E-state index in [0.717, 1.165) is 0 Å². The van der Waals surface area contributed by atoms with Crippen LogP contribution < -0.4 is 0 Å². The fraction of sp³-hybridized carbons (Fsp3) is 0.400. The van der Waals surface area contributed by atoms with Crippen LogP contribution in [0.25, 0.3) is 0 Å². The molecular weight excluding hydrogens is 168 g/mol. The first-order valence-corrected chi connectivity index (χ1v) is 4.11. The van der Waals surface area contributed by atoms with Crippen LogP contribution in [0.15, 0.2) is 36.1 Å². The van der Waals surface area contributed by atoms with Gasteiger partial charge in [0.15, 0.2) is 0 Å². The maximum Gasteiger partial charge on any atom is 0.147 e. The first kappa shape index (κ1) is 10.0. The van der Waals surface area contributed by atoms with E-state index in [1.54, 1.807) is 24.3 Å². The average molecular weight is 182 g/mol. The zero-order valence-electron chi connectivity index (χ0n) is 7.77. The minimum absolute atomic E-state index is 0.0811. The standard InChI is InChI=1S/C10H14O3/c1-3-6-10(13-2)7-4-5-8(11)9(10)12/h3-7,9,11-12H,1-2H3. The summed E-state index contributed by atoms with van der Waals surface area (Å²) in [4.78, 5) is 0. The van der Waals surface area contributed by atoms with E-state index in [4.69, 9.17) is 4.74 Å². The Morgan fingerprint density at radius 3 is 2.85 bits per heavy atom. The van der Waals surface area contributed by atoms with Crippen LogP contribution in [0, 0.1) is 0 Å². The van der Waals surface area contributed by atoms with Crippen LogP contribution in [0.3, 0.4) is 0 Å². The summed E-state index contributed by atoms with van der Waals surface area (Å²) in [6, 6.07) is 0. The summed E-state index contributed by atoms with van der Waals surface area (Å²) >= 11 is 0. The molecule has 2 N–H and O–H groups in total. The van der Waals surface area contributed by atoms with E-state index in [-0.39, 0.29) is 5.76 Å². The highest BCUT2D eigenvalue weighted by Crippen LogP contribution is 2.27. The van der Waals surface area contributed by atoms with E-state index in [2.05, 4.69) is 0 Å². The van der Waals surface area contributed by atoms with Crippen LogP contribution in [0.4, 0.5) is 0 Å². The van der Waals surface area contributed by atoms with Gasteiger partial charge in [-0.3, -0.25) is 0 Å². The molecule has 0 aromatic rings. The van der Waals surface area contributed by atoms with Crippen LogP contribution in [0.5, 0.6) is 0 Å². The molecule has 0 aromatic carbocycles. The van der Waals surface area contributed by atoms with Crippen molar-refractivity contribution in [3.8, 4) is 0 Å². The summed E-state index contributed by atoms with van der Waals surface area (Å²) in [5.74, 6) is -0.0811. The third-order valence-electron chi connectivity index (χ3n) is 2.11. The van der Waals surface area contributed by atoms with Crippen molar-refractivity contribution in [2.24, 2.45) is 0 Å². The maximum atomic E-state index is 9.67. The summed E-state index contributed by atoms with van der Waals surface area (Å²) in [5, 5.41) is 19.0. The van der Waals surface area contributed by atoms with Crippen molar-refractivity contribution >= 4 is 0 Å². The summed E-state index contributed by atoms with van der Waals surface area (Å²) in [6.07, 6.45) is 7.26. The van der Waals surface area contributed by atoms with Crippen LogP contribution >= 0.6 is 0 Å². The van der Waals surface area contributed by atoms with Gasteiger partial charge in [-0.2, -0.15) is 0 Å². The van der Waals surface area contributed by atoms with Crippen LogP contribution in [-0.2, 0) is 4.74 Å². The third-order valence-corrected chi connectivity index (χ3v) is 2.11. The molecule has 3 nitrogen and oxygen atoms in total. The van der Waals surface area contributed by atoms with Gasteiger partial charge in [0.2, 0.25) is 0 Å². The van der Waals surface area contributed by atoms with Crippen molar-refractivity contribution in [3.05, 3.63) is 36.1 Å². The van der Waals surface area contributed by atoms with Gasteiger partial charge in [-0.05, 0) is 19.1 Å². The van der Waals surface area contributed by atoms with Gasteiger partial charge < -0.3 is 14.9 Å². The Labute approximate surface area is 77.7 Å². The topological polar surface area (TPSA) is 49.7 Å². The molecule has 13 heavy (non-hydrogen) atoms. The zero-order chi connectivity index (χ0) is 9.90. The van der Waals surface area contributed by atoms with Gasteiger partial charge in [-0.1, -0.05) is 18.2 Å². The van der Waals surface area contributed by atoms with E-state index >= 15 is 0 Å². The van der Waals surface area contributed by atoms with Crippen molar-refractivity contribution in [2.75, 3.05) is 7.11 Å². The molecule has 2 atom stereocenters. The van der Waals surface area contributed by atoms with Crippen molar-refractivity contribution in [2.45, 2.75) is 18.6 Å². The minimum Gasteiger partial charge on any atom is -0.509 e. The van der Waals surface area contributed by atoms with Gasteiger partial charge in [-0.15, -0.1) is 0 Å². The Kier molecular flexibility index (Phi) is 2.90. The highest BCUT2D eigenvalue weighted by atomic mass is 16.5. The number of rotatable bonds is 2. The van der Waals surface area contributed by atoms with Gasteiger partial charge >= 0.3 is 0 Å². The lowest BCUT2D eigenvalue weighted by Gasteiger charge is -2.32. The van der Waals surface area contributed by atoms with E-state index < -0.39 is 11.7 Å². The number of hydrogen-bond donors (Lipinski definition) is 2. The first-order valence-electron chi connectivity index (χ1n) is 4.11. The molecule has 0 aromatic heterocycles. The molecule has 0 bridgehead atoms. The van der Waals surface area contributed by atoms with E-state index in [1.807, 2.05) is 6.92 Å². The molecule has 1 rings (SSSR count). The molecule has 0 aliphatic heterocycles. The molecule has 2 unspecified atom stereocenters. The summed E-state index contributed by atoms with van der Waals surface area (Å²) in [7, 11) is 1.49. The average Bonchev–Trinajstić information content (AvgIpc) is 2.13. The maximum absolute atomic E-state index is 9.67. The highest BCUT2D eigenvalue weighted by molar-refractivity contribution is 5.32. The van der Waals surface area contributed by atoms with E-state index in [0.29, 0.717) is 0 Å². The monoisotopic (exact) mass is 182 g/mol. The molecule has 0 amide bonds. The Hall–Kier alpha value is -1.06. The molecule has 0 radical (unpaired) electrons. The smallest absolute Gasteiger partial charge is 0.147 e. The van der Waals surface area contributed by atoms with Crippen molar-refractivity contribution in [1.29, 1.82) is 0 Å². The number of ether oxygens (including phenoxy) is 1. The summed E-state index contributed by atoms with van der Waals surface area (Å²) in [6.45, 7) is 1.83. The third kappa shape index (κ3) is 1.66. The van der Waals surface area contributed by atoms with E-state index in [1.165, 1.54) is 13.2 Å². The van der Waals surface area contributed by atoms with Crippen molar-refractivity contribution in [1.82, 2.24) is 0 Å². The number of allylic oxidation sites excluding steroid dienone is 3. The van der Waals surface area contributed by atoms with Gasteiger partial charge in [0, 0.05) is 7.11 Å². The molecule has 0 fully saturated rings. The lowest BCUT2D eigenvalue weighted by atomic mass is 9.90. The lowest BCUT2D eigenvalue weighted by molar-refractivity contribution is -0.0368. The van der Waals surface area contributed by atoms with Gasteiger partial charge in [-0.25, -0.2) is 0 Å². The largest absolute Gasteiger partial charge is 0.509 e. The fourth-order valence-electron chi connectivity index (χ4n) is 1.37. The molecular formula is C10H14O3. The second-order valence-electron chi connectivity index (χ2n) is 2.91. The van der Waals surface area contributed by atoms with E-state index in [9.17, 15) is 10.2 Å². The predicted molar refractivity (Wildman–Crippen MR) is 50.4 cm³/mol. The second kappa shape index (κ2) is 3.77. The Morgan fingerprint density at radius 1 is 1.62 bits per heavy atom. The molecule has 0 heterocycles. The Bertz CT molecular complexity index is 265. The number of aliphatic hydroxyl groups excluding tert-OH is 2. The molecule has 1 aliphatic carbocycles. The van der Waals surface area contributed by atoms with Crippen molar-refractivity contribution < 1.29 is 14.9 Å². The second-order valence-corrected chi connectivity index (χ2v) is 2.91. The van der Waals surface area contributed by atoms with Gasteiger partial charge in [0.05, 0.1) is 0 Å². The molecule has 72 valence electrons. The summed E-state index contributed by atoms with van der Waals surface area (Å²) in [5.41, 5.74) is -0.923. The number of methoxy groups -OCH3 is 1. The molecule has 3 heteroatoms. The Balaban J connectivity index is 3.01. The van der Waals surface area contributed by atoms with Gasteiger partial charge in [0.25, 0.3) is 0 Å². The van der Waals surface area contributed by atoms with Crippen LogP contribution in [-0.4, -0.2) is 29.0 Å².